The van der Waals surface area contributed by atoms with Gasteiger partial charge in [-0.25, -0.2) is 0 Å². The number of rotatable bonds is 4. The average molecular weight is 388 g/mol. The molecule has 0 atom stereocenters. The standard InChI is InChI=1S/C23H20N2O4/c1-16-10-13-22(21(14-16)25(27)28)29-15-23(26)24-19-8-4-2-6-17(19)11-12-18-7-3-5-9-20(18)24/h2-10,13-14H,11-12,15H2,1H3. The molecule has 1 aliphatic heterocycles. The van der Waals surface area contributed by atoms with Crippen molar-refractivity contribution in [1.82, 2.24) is 0 Å². The summed E-state index contributed by atoms with van der Waals surface area (Å²) >= 11 is 0. The van der Waals surface area contributed by atoms with Gasteiger partial charge in [-0.05, 0) is 54.7 Å². The normalized spacial score (nSPS) is 12.5. The third kappa shape index (κ3) is 3.69. The maximum absolute atomic E-state index is 13.2. The Balaban J connectivity index is 1.67. The van der Waals surface area contributed by atoms with Crippen LogP contribution in [0.5, 0.6) is 5.75 Å². The predicted molar refractivity (Wildman–Crippen MR) is 111 cm³/mol. The SMILES string of the molecule is Cc1ccc(OCC(=O)N2c3ccccc3CCc3ccccc32)c([N+](=O)[O-])c1. The van der Waals surface area contributed by atoms with Crippen molar-refractivity contribution >= 4 is 23.0 Å². The molecule has 6 nitrogen and oxygen atoms in total. The maximum atomic E-state index is 13.2. The fraction of sp³-hybridized carbons (Fsp3) is 0.174. The Hall–Kier alpha value is -3.67. The van der Waals surface area contributed by atoms with Gasteiger partial charge in [0.1, 0.15) is 0 Å². The predicted octanol–water partition coefficient (Wildman–Crippen LogP) is 4.75. The molecule has 0 spiro atoms. The first kappa shape index (κ1) is 18.7. The van der Waals surface area contributed by atoms with Gasteiger partial charge >= 0.3 is 5.69 Å². The number of nitro benzene ring substituents is 1. The lowest BCUT2D eigenvalue weighted by molar-refractivity contribution is -0.385. The molecule has 3 aromatic rings. The first-order valence-electron chi connectivity index (χ1n) is 9.41. The minimum atomic E-state index is -0.497. The zero-order chi connectivity index (χ0) is 20.4. The first-order valence-corrected chi connectivity index (χ1v) is 9.41. The van der Waals surface area contributed by atoms with Gasteiger partial charge in [-0.1, -0.05) is 42.5 Å². The van der Waals surface area contributed by atoms with E-state index in [1.165, 1.54) is 12.1 Å². The highest BCUT2D eigenvalue weighted by Gasteiger charge is 2.26. The van der Waals surface area contributed by atoms with E-state index in [1.54, 1.807) is 17.9 Å². The molecule has 0 saturated heterocycles. The fourth-order valence-electron chi connectivity index (χ4n) is 3.64. The van der Waals surface area contributed by atoms with Gasteiger partial charge in [0.15, 0.2) is 12.4 Å². The molecular weight excluding hydrogens is 368 g/mol. The van der Waals surface area contributed by atoms with Crippen LogP contribution < -0.4 is 9.64 Å². The van der Waals surface area contributed by atoms with Gasteiger partial charge in [0.25, 0.3) is 5.91 Å². The Morgan fingerprint density at radius 2 is 1.59 bits per heavy atom. The van der Waals surface area contributed by atoms with E-state index in [9.17, 15) is 14.9 Å². The Labute approximate surface area is 168 Å². The van der Waals surface area contributed by atoms with Crippen molar-refractivity contribution in [2.45, 2.75) is 19.8 Å². The molecule has 0 saturated carbocycles. The molecule has 4 rings (SSSR count). The van der Waals surface area contributed by atoms with Gasteiger partial charge in [-0.2, -0.15) is 0 Å². The largest absolute Gasteiger partial charge is 0.477 e. The van der Waals surface area contributed by atoms with E-state index in [4.69, 9.17) is 4.74 Å². The van der Waals surface area contributed by atoms with Gasteiger partial charge in [-0.15, -0.1) is 0 Å². The van der Waals surface area contributed by atoms with E-state index in [-0.39, 0.29) is 24.0 Å². The number of carbonyl (C=O) groups excluding carboxylic acids is 1. The van der Waals surface area contributed by atoms with E-state index in [0.717, 1.165) is 40.9 Å². The lowest BCUT2D eigenvalue weighted by atomic mass is 10.0. The highest BCUT2D eigenvalue weighted by molar-refractivity contribution is 6.03. The monoisotopic (exact) mass is 388 g/mol. The van der Waals surface area contributed by atoms with Crippen molar-refractivity contribution in [3.05, 3.63) is 93.5 Å². The topological polar surface area (TPSA) is 72.7 Å². The van der Waals surface area contributed by atoms with Gasteiger partial charge in [0, 0.05) is 6.07 Å². The molecule has 3 aromatic carbocycles. The minimum Gasteiger partial charge on any atom is -0.477 e. The molecule has 0 N–H and O–H groups in total. The molecule has 0 aromatic heterocycles. The Morgan fingerprint density at radius 1 is 1.00 bits per heavy atom. The maximum Gasteiger partial charge on any atom is 0.311 e. The van der Waals surface area contributed by atoms with Gasteiger partial charge < -0.3 is 4.74 Å². The zero-order valence-electron chi connectivity index (χ0n) is 16.0. The van der Waals surface area contributed by atoms with Crippen molar-refractivity contribution in [3.8, 4) is 5.75 Å². The van der Waals surface area contributed by atoms with Crippen LogP contribution in [0, 0.1) is 17.0 Å². The van der Waals surface area contributed by atoms with Crippen molar-refractivity contribution in [3.63, 3.8) is 0 Å². The zero-order valence-corrected chi connectivity index (χ0v) is 16.0. The summed E-state index contributed by atoms with van der Waals surface area (Å²) in [4.78, 5) is 25.7. The van der Waals surface area contributed by atoms with Crippen LogP contribution in [0.3, 0.4) is 0 Å². The highest BCUT2D eigenvalue weighted by atomic mass is 16.6. The van der Waals surface area contributed by atoms with Crippen molar-refractivity contribution in [2.75, 3.05) is 11.5 Å². The number of nitrogens with zero attached hydrogens (tertiary/aromatic N) is 2. The number of anilines is 2. The van der Waals surface area contributed by atoms with Crippen LogP contribution in [-0.2, 0) is 17.6 Å². The quantitative estimate of drug-likeness (QED) is 0.478. The number of benzene rings is 3. The summed E-state index contributed by atoms with van der Waals surface area (Å²) in [6.45, 7) is 1.47. The summed E-state index contributed by atoms with van der Waals surface area (Å²) in [6, 6.07) is 20.3. The summed E-state index contributed by atoms with van der Waals surface area (Å²) < 4.78 is 5.61. The van der Waals surface area contributed by atoms with Crippen LogP contribution in [0.2, 0.25) is 0 Å². The van der Waals surface area contributed by atoms with Crippen molar-refractivity contribution in [2.24, 2.45) is 0 Å². The number of amides is 1. The summed E-state index contributed by atoms with van der Waals surface area (Å²) in [7, 11) is 0. The van der Waals surface area contributed by atoms with Crippen LogP contribution in [-0.4, -0.2) is 17.4 Å². The molecule has 0 bridgehead atoms. The highest BCUT2D eigenvalue weighted by Crippen LogP contribution is 2.36. The lowest BCUT2D eigenvalue weighted by Crippen LogP contribution is -2.31. The first-order chi connectivity index (χ1) is 14.0. The van der Waals surface area contributed by atoms with Crippen molar-refractivity contribution in [1.29, 1.82) is 0 Å². The Morgan fingerprint density at radius 3 is 2.17 bits per heavy atom. The smallest absolute Gasteiger partial charge is 0.311 e. The molecular formula is C23H20N2O4. The van der Waals surface area contributed by atoms with E-state index < -0.39 is 4.92 Å². The lowest BCUT2D eigenvalue weighted by Gasteiger charge is -2.25. The van der Waals surface area contributed by atoms with Gasteiger partial charge in [-0.3, -0.25) is 19.8 Å². The molecule has 6 heteroatoms. The van der Waals surface area contributed by atoms with E-state index >= 15 is 0 Å². The molecule has 0 unspecified atom stereocenters. The number of hydrogen-bond acceptors (Lipinski definition) is 4. The third-order valence-corrected chi connectivity index (χ3v) is 5.04. The Kier molecular flexibility index (Phi) is 4.99. The molecule has 1 aliphatic rings. The summed E-state index contributed by atoms with van der Waals surface area (Å²) in [5.41, 5.74) is 4.42. The summed E-state index contributed by atoms with van der Waals surface area (Å²) in [6.07, 6.45) is 1.67. The average Bonchev–Trinajstić information content (AvgIpc) is 2.89. The second-order valence-corrected chi connectivity index (χ2v) is 7.00. The molecule has 0 fully saturated rings. The van der Waals surface area contributed by atoms with Crippen LogP contribution >= 0.6 is 0 Å². The van der Waals surface area contributed by atoms with Crippen LogP contribution in [0.25, 0.3) is 0 Å². The van der Waals surface area contributed by atoms with E-state index in [1.807, 2.05) is 48.5 Å². The number of aryl methyl sites for hydroxylation is 3. The molecule has 1 heterocycles. The molecule has 1 amide bonds. The number of hydrogen-bond donors (Lipinski definition) is 0. The minimum absolute atomic E-state index is 0.0883. The van der Waals surface area contributed by atoms with E-state index in [0.29, 0.717) is 0 Å². The third-order valence-electron chi connectivity index (χ3n) is 5.04. The second-order valence-electron chi connectivity index (χ2n) is 7.00. The molecule has 146 valence electrons. The summed E-state index contributed by atoms with van der Waals surface area (Å²) in [5.74, 6) is -0.188. The van der Waals surface area contributed by atoms with Crippen LogP contribution in [0.15, 0.2) is 66.7 Å². The second kappa shape index (κ2) is 7.75. The van der Waals surface area contributed by atoms with E-state index in [2.05, 4.69) is 0 Å². The number of nitro groups is 1. The van der Waals surface area contributed by atoms with Gasteiger partial charge in [0.2, 0.25) is 0 Å². The number of ether oxygens (including phenoxy) is 1. The van der Waals surface area contributed by atoms with Crippen molar-refractivity contribution < 1.29 is 14.5 Å². The molecule has 29 heavy (non-hydrogen) atoms. The molecule has 0 aliphatic carbocycles. The number of para-hydroxylation sites is 2. The van der Waals surface area contributed by atoms with Crippen LogP contribution in [0.1, 0.15) is 16.7 Å². The fourth-order valence-corrected chi connectivity index (χ4v) is 3.64. The molecule has 0 radical (unpaired) electrons. The summed E-state index contributed by atoms with van der Waals surface area (Å²) in [5, 5.41) is 11.3. The number of carbonyl (C=O) groups is 1. The number of fused-ring (bicyclic) bond motifs is 2. The Bertz CT molecular complexity index is 1050. The van der Waals surface area contributed by atoms with Crippen LogP contribution in [0.4, 0.5) is 17.1 Å². The van der Waals surface area contributed by atoms with Gasteiger partial charge in [0.05, 0.1) is 16.3 Å².